The van der Waals surface area contributed by atoms with Crippen LogP contribution in [0.2, 0.25) is 0 Å². The Morgan fingerprint density at radius 2 is 1.68 bits per heavy atom. The van der Waals surface area contributed by atoms with Gasteiger partial charge >= 0.3 is 15.2 Å². The summed E-state index contributed by atoms with van der Waals surface area (Å²) in [5.41, 5.74) is -0.0858. The molecular formula is C13H14N4O6P2. The molecular weight excluding hydrogens is 370 g/mol. The average molecular weight is 384 g/mol. The third kappa shape index (κ3) is 3.96. The molecule has 3 rings (SSSR count). The summed E-state index contributed by atoms with van der Waals surface area (Å²) < 4.78 is 22.7. The molecule has 0 saturated heterocycles. The second-order valence-electron chi connectivity index (χ2n) is 5.30. The van der Waals surface area contributed by atoms with Gasteiger partial charge in [-0.2, -0.15) is 5.10 Å². The normalized spacial score (nSPS) is 12.7. The molecule has 0 spiro atoms. The van der Waals surface area contributed by atoms with Crippen molar-refractivity contribution < 1.29 is 28.7 Å². The van der Waals surface area contributed by atoms with Crippen molar-refractivity contribution in [1.29, 1.82) is 0 Å². The van der Waals surface area contributed by atoms with Crippen molar-refractivity contribution in [3.63, 3.8) is 0 Å². The minimum atomic E-state index is -5.10. The van der Waals surface area contributed by atoms with Gasteiger partial charge in [-0.3, -0.25) is 14.2 Å². The molecule has 2 heterocycles. The second-order valence-corrected chi connectivity index (χ2v) is 9.09. The van der Waals surface area contributed by atoms with Crippen LogP contribution in [-0.2, 0) is 9.13 Å². The van der Waals surface area contributed by atoms with Gasteiger partial charge < -0.3 is 24.9 Å². The van der Waals surface area contributed by atoms with E-state index in [-0.39, 0.29) is 5.82 Å². The molecule has 0 saturated carbocycles. The molecule has 0 radical (unpaired) electrons. The number of hydrogen-bond acceptors (Lipinski definition) is 5. The van der Waals surface area contributed by atoms with E-state index >= 15 is 0 Å². The van der Waals surface area contributed by atoms with Crippen LogP contribution in [0.1, 0.15) is 0 Å². The highest BCUT2D eigenvalue weighted by Gasteiger charge is 2.43. The molecule has 0 amide bonds. The van der Waals surface area contributed by atoms with E-state index in [1.807, 2.05) is 18.2 Å². The third-order valence-electron chi connectivity index (χ3n) is 3.45. The monoisotopic (exact) mass is 384 g/mol. The Morgan fingerprint density at radius 1 is 1.00 bits per heavy atom. The summed E-state index contributed by atoms with van der Waals surface area (Å²) in [5, 5.41) is 9.76. The maximum Gasteiger partial charge on any atom is 0.360 e. The molecule has 3 aromatic rings. The fraction of sp³-hybridized carbons (Fsp3) is 0.0769. The molecule has 132 valence electrons. The van der Waals surface area contributed by atoms with Crippen LogP contribution in [0.4, 0.5) is 5.82 Å². The average Bonchev–Trinajstić information content (AvgIpc) is 2.98. The van der Waals surface area contributed by atoms with E-state index in [0.717, 1.165) is 16.5 Å². The SMILES string of the molecule is O=P(O)(O)C(Nc1cc(-c2ccc3[nH]ncc3c2)ccn1)P(=O)(O)O. The summed E-state index contributed by atoms with van der Waals surface area (Å²) >= 11 is 0. The number of nitrogens with zero attached hydrogens (tertiary/aromatic N) is 2. The summed E-state index contributed by atoms with van der Waals surface area (Å²) in [6.45, 7) is 0. The highest BCUT2D eigenvalue weighted by atomic mass is 31.2. The van der Waals surface area contributed by atoms with Crippen LogP contribution in [-0.4, -0.2) is 40.3 Å². The standard InChI is InChI=1S/C13H14N4O6P2/c18-24(19,20)13(25(21,22)23)16-12-6-9(3-4-14-12)8-1-2-11-10(5-8)7-15-17-11/h1-7,13H,(H,14,16)(H,15,17)(H2,18,19,20)(H2,21,22,23). The number of benzene rings is 1. The van der Waals surface area contributed by atoms with Crippen LogP contribution >= 0.6 is 15.2 Å². The molecule has 6 N–H and O–H groups in total. The van der Waals surface area contributed by atoms with E-state index < -0.39 is 20.7 Å². The van der Waals surface area contributed by atoms with E-state index in [9.17, 15) is 28.7 Å². The lowest BCUT2D eigenvalue weighted by molar-refractivity contribution is 0.343. The van der Waals surface area contributed by atoms with Crippen LogP contribution in [0.15, 0.2) is 42.7 Å². The summed E-state index contributed by atoms with van der Waals surface area (Å²) in [7, 11) is -10.2. The van der Waals surface area contributed by atoms with Gasteiger partial charge in [-0.25, -0.2) is 4.98 Å². The first-order valence-electron chi connectivity index (χ1n) is 6.91. The molecule has 2 aromatic heterocycles. The Morgan fingerprint density at radius 3 is 2.36 bits per heavy atom. The highest BCUT2D eigenvalue weighted by molar-refractivity contribution is 7.71. The van der Waals surface area contributed by atoms with Crippen molar-refractivity contribution in [3.05, 3.63) is 42.7 Å². The fourth-order valence-corrected chi connectivity index (χ4v) is 4.48. The van der Waals surface area contributed by atoms with E-state index in [1.54, 1.807) is 12.3 Å². The van der Waals surface area contributed by atoms with Gasteiger partial charge in [0.25, 0.3) is 0 Å². The van der Waals surface area contributed by atoms with Gasteiger partial charge in [-0.05, 0) is 35.4 Å². The van der Waals surface area contributed by atoms with Crippen LogP contribution in [0.5, 0.6) is 0 Å². The zero-order valence-electron chi connectivity index (χ0n) is 12.5. The van der Waals surface area contributed by atoms with Crippen molar-refractivity contribution in [2.45, 2.75) is 5.52 Å². The topological polar surface area (TPSA) is 169 Å². The van der Waals surface area contributed by atoms with Crippen molar-refractivity contribution in [2.24, 2.45) is 0 Å². The molecule has 0 aliphatic heterocycles. The Bertz CT molecular complexity index is 988. The van der Waals surface area contributed by atoms with Gasteiger partial charge in [-0.1, -0.05) is 6.07 Å². The lowest BCUT2D eigenvalue weighted by Gasteiger charge is -2.21. The quantitative estimate of drug-likeness (QED) is 0.358. The first-order chi connectivity index (χ1) is 11.6. The van der Waals surface area contributed by atoms with E-state index in [4.69, 9.17) is 0 Å². The lowest BCUT2D eigenvalue weighted by Crippen LogP contribution is -2.20. The number of H-pyrrole nitrogens is 1. The number of fused-ring (bicyclic) bond motifs is 1. The largest absolute Gasteiger partial charge is 0.360 e. The van der Waals surface area contributed by atoms with Crippen LogP contribution in [0.3, 0.4) is 0 Å². The van der Waals surface area contributed by atoms with Gasteiger partial charge in [0.1, 0.15) is 5.82 Å². The number of nitrogens with one attached hydrogen (secondary N) is 2. The van der Waals surface area contributed by atoms with E-state index in [2.05, 4.69) is 20.5 Å². The number of pyridine rings is 1. The second kappa shape index (κ2) is 6.34. The molecule has 0 unspecified atom stereocenters. The summed E-state index contributed by atoms with van der Waals surface area (Å²) in [6, 6.07) is 8.58. The maximum absolute atomic E-state index is 11.4. The zero-order valence-corrected chi connectivity index (χ0v) is 14.3. The Balaban J connectivity index is 1.95. The number of rotatable bonds is 5. The predicted molar refractivity (Wildman–Crippen MR) is 90.8 cm³/mol. The van der Waals surface area contributed by atoms with Gasteiger partial charge in [0.2, 0.25) is 5.52 Å². The smallest absolute Gasteiger partial charge is 0.346 e. The number of hydrogen-bond donors (Lipinski definition) is 6. The van der Waals surface area contributed by atoms with Crippen molar-refractivity contribution in [2.75, 3.05) is 5.32 Å². The Labute approximate surface area is 141 Å². The molecule has 0 aliphatic carbocycles. The molecule has 0 fully saturated rings. The minimum absolute atomic E-state index is 0.0681. The number of anilines is 1. The van der Waals surface area contributed by atoms with Crippen LogP contribution in [0, 0.1) is 0 Å². The lowest BCUT2D eigenvalue weighted by atomic mass is 10.1. The number of aromatic amines is 1. The fourth-order valence-electron chi connectivity index (χ4n) is 2.31. The summed E-state index contributed by atoms with van der Waals surface area (Å²) in [4.78, 5) is 40.6. The van der Waals surface area contributed by atoms with Crippen LogP contribution < -0.4 is 5.32 Å². The third-order valence-corrected chi connectivity index (χ3v) is 6.79. The van der Waals surface area contributed by atoms with Gasteiger partial charge in [-0.15, -0.1) is 0 Å². The van der Waals surface area contributed by atoms with Gasteiger partial charge in [0, 0.05) is 11.6 Å². The van der Waals surface area contributed by atoms with Crippen molar-refractivity contribution in [1.82, 2.24) is 15.2 Å². The van der Waals surface area contributed by atoms with Crippen LogP contribution in [0.25, 0.3) is 22.0 Å². The Hall–Kier alpha value is -2.06. The molecule has 1 aromatic carbocycles. The first-order valence-corrected chi connectivity index (χ1v) is 10.3. The molecule has 0 atom stereocenters. The summed E-state index contributed by atoms with van der Waals surface area (Å²) in [6.07, 6.45) is 3.02. The molecule has 10 nitrogen and oxygen atoms in total. The van der Waals surface area contributed by atoms with Gasteiger partial charge in [0.05, 0.1) is 11.7 Å². The van der Waals surface area contributed by atoms with Gasteiger partial charge in [0.15, 0.2) is 0 Å². The van der Waals surface area contributed by atoms with E-state index in [1.165, 1.54) is 12.3 Å². The Kier molecular flexibility index (Phi) is 4.51. The first kappa shape index (κ1) is 17.8. The minimum Gasteiger partial charge on any atom is -0.346 e. The van der Waals surface area contributed by atoms with E-state index in [0.29, 0.717) is 5.56 Å². The zero-order chi connectivity index (χ0) is 18.2. The molecule has 0 bridgehead atoms. The van der Waals surface area contributed by atoms with Crippen molar-refractivity contribution in [3.8, 4) is 11.1 Å². The summed E-state index contributed by atoms with van der Waals surface area (Å²) in [5.74, 6) is -0.0681. The maximum atomic E-state index is 11.4. The highest BCUT2D eigenvalue weighted by Crippen LogP contribution is 2.59. The molecule has 0 aliphatic rings. The number of aromatic nitrogens is 3. The molecule has 25 heavy (non-hydrogen) atoms. The predicted octanol–water partition coefficient (Wildman–Crippen LogP) is 1.68. The molecule has 12 heteroatoms. The van der Waals surface area contributed by atoms with Crippen molar-refractivity contribution >= 4 is 31.9 Å².